The number of fused-ring (bicyclic) bond motifs is 3. The van der Waals surface area contributed by atoms with Crippen molar-refractivity contribution >= 4 is 38.9 Å². The Hall–Kier alpha value is -5.86. The quantitative estimate of drug-likeness (QED) is 0.196. The van der Waals surface area contributed by atoms with Gasteiger partial charge < -0.3 is 9.47 Å². The minimum Gasteiger partial charge on any atom is -0.310 e. The Labute approximate surface area is 257 Å². The normalized spacial score (nSPS) is 11.2. The maximum absolute atomic E-state index is 2.39. The number of nitrogens with zero attached hydrogens (tertiary/aromatic N) is 2. The zero-order valence-electron chi connectivity index (χ0n) is 24.2. The van der Waals surface area contributed by atoms with Crippen molar-refractivity contribution in [1.82, 2.24) is 4.57 Å². The lowest BCUT2D eigenvalue weighted by Crippen LogP contribution is -2.11. The Morgan fingerprint density at radius 3 is 1.64 bits per heavy atom. The number of para-hydroxylation sites is 4. The molecule has 0 aliphatic rings. The first-order chi connectivity index (χ1) is 21.9. The Morgan fingerprint density at radius 1 is 0.386 bits per heavy atom. The van der Waals surface area contributed by atoms with Gasteiger partial charge in [-0.1, -0.05) is 121 Å². The third-order valence-electron chi connectivity index (χ3n) is 8.37. The van der Waals surface area contributed by atoms with Crippen LogP contribution in [-0.4, -0.2) is 4.57 Å². The molecule has 0 fully saturated rings. The van der Waals surface area contributed by atoms with E-state index in [1.807, 2.05) is 0 Å². The fraction of sp³-hybridized carbons (Fsp3) is 0. The third-order valence-corrected chi connectivity index (χ3v) is 8.37. The Morgan fingerprint density at radius 2 is 0.955 bits per heavy atom. The number of anilines is 3. The van der Waals surface area contributed by atoms with Gasteiger partial charge in [0.1, 0.15) is 0 Å². The summed E-state index contributed by atoms with van der Waals surface area (Å²) in [6.45, 7) is 0. The number of benzene rings is 7. The summed E-state index contributed by atoms with van der Waals surface area (Å²) in [5.41, 5.74) is 11.7. The summed E-state index contributed by atoms with van der Waals surface area (Å²) in [7, 11) is 0. The lowest BCUT2D eigenvalue weighted by molar-refractivity contribution is 1.18. The zero-order chi connectivity index (χ0) is 29.3. The second-order valence-corrected chi connectivity index (χ2v) is 11.0. The standard InChI is InChI=1S/C42H30N2/c1-5-16-31(17-6-1)36-25-15-27-41(43(33-18-7-2-8-19-33)34-20-9-3-10-21-34)42(36)32-28-29-40-38(30-32)37-24-13-14-26-39(37)44(40)35-22-11-4-12-23-35/h1-30H. The maximum atomic E-state index is 2.39. The van der Waals surface area contributed by atoms with Gasteiger partial charge in [0.25, 0.3) is 0 Å². The van der Waals surface area contributed by atoms with Gasteiger partial charge in [0.15, 0.2) is 0 Å². The van der Waals surface area contributed by atoms with Crippen molar-refractivity contribution in [2.24, 2.45) is 0 Å². The number of hydrogen-bond acceptors (Lipinski definition) is 1. The first kappa shape index (κ1) is 25.8. The van der Waals surface area contributed by atoms with Crippen molar-refractivity contribution in [3.05, 3.63) is 182 Å². The number of rotatable bonds is 6. The van der Waals surface area contributed by atoms with E-state index in [0.29, 0.717) is 0 Å². The van der Waals surface area contributed by atoms with Crippen LogP contribution in [0.5, 0.6) is 0 Å². The number of hydrogen-bond donors (Lipinski definition) is 0. The van der Waals surface area contributed by atoms with Gasteiger partial charge in [0.2, 0.25) is 0 Å². The molecule has 8 rings (SSSR count). The summed E-state index contributed by atoms with van der Waals surface area (Å²) in [4.78, 5) is 2.37. The van der Waals surface area contributed by atoms with Gasteiger partial charge in [0.05, 0.1) is 16.7 Å². The average molecular weight is 563 g/mol. The van der Waals surface area contributed by atoms with E-state index < -0.39 is 0 Å². The van der Waals surface area contributed by atoms with Crippen LogP contribution < -0.4 is 4.90 Å². The van der Waals surface area contributed by atoms with E-state index in [1.54, 1.807) is 0 Å². The molecule has 8 aromatic rings. The van der Waals surface area contributed by atoms with Crippen LogP contribution in [0.15, 0.2) is 182 Å². The first-order valence-corrected chi connectivity index (χ1v) is 15.0. The van der Waals surface area contributed by atoms with E-state index in [-0.39, 0.29) is 0 Å². The fourth-order valence-electron chi connectivity index (χ4n) is 6.45. The highest BCUT2D eigenvalue weighted by molar-refractivity contribution is 6.11. The average Bonchev–Trinajstić information content (AvgIpc) is 3.44. The van der Waals surface area contributed by atoms with Crippen molar-refractivity contribution in [1.29, 1.82) is 0 Å². The molecule has 0 unspecified atom stereocenters. The highest BCUT2D eigenvalue weighted by Crippen LogP contribution is 2.46. The summed E-state index contributed by atoms with van der Waals surface area (Å²) in [5, 5.41) is 2.48. The summed E-state index contributed by atoms with van der Waals surface area (Å²) >= 11 is 0. The van der Waals surface area contributed by atoms with Gasteiger partial charge in [-0.25, -0.2) is 0 Å². The van der Waals surface area contributed by atoms with Crippen molar-refractivity contribution in [3.8, 4) is 27.9 Å². The largest absolute Gasteiger partial charge is 0.310 e. The molecule has 2 heteroatoms. The second-order valence-electron chi connectivity index (χ2n) is 11.0. The van der Waals surface area contributed by atoms with Gasteiger partial charge in [-0.05, 0) is 77.4 Å². The highest BCUT2D eigenvalue weighted by Gasteiger charge is 2.21. The molecule has 0 saturated heterocycles. The van der Waals surface area contributed by atoms with Crippen LogP contribution in [0, 0.1) is 0 Å². The van der Waals surface area contributed by atoms with Gasteiger partial charge in [-0.2, -0.15) is 0 Å². The second kappa shape index (κ2) is 11.1. The molecule has 2 nitrogen and oxygen atoms in total. The van der Waals surface area contributed by atoms with Crippen molar-refractivity contribution < 1.29 is 0 Å². The molecule has 0 aliphatic carbocycles. The molecule has 0 spiro atoms. The van der Waals surface area contributed by atoms with Crippen LogP contribution in [0.2, 0.25) is 0 Å². The van der Waals surface area contributed by atoms with E-state index in [0.717, 1.165) is 22.7 Å². The summed E-state index contributed by atoms with van der Waals surface area (Å²) in [6.07, 6.45) is 0. The molecule has 0 atom stereocenters. The lowest BCUT2D eigenvalue weighted by Gasteiger charge is -2.29. The van der Waals surface area contributed by atoms with Crippen LogP contribution in [0.4, 0.5) is 17.1 Å². The van der Waals surface area contributed by atoms with E-state index >= 15 is 0 Å². The molecule has 0 aliphatic heterocycles. The Balaban J connectivity index is 1.44. The SMILES string of the molecule is c1ccc(-c2cccc(N(c3ccccc3)c3ccccc3)c2-c2ccc3c(c2)c2ccccc2n3-c2ccccc2)cc1. The topological polar surface area (TPSA) is 8.17 Å². The van der Waals surface area contributed by atoms with Crippen molar-refractivity contribution in [2.45, 2.75) is 0 Å². The molecular formula is C42H30N2. The van der Waals surface area contributed by atoms with E-state index in [2.05, 4.69) is 191 Å². The lowest BCUT2D eigenvalue weighted by atomic mass is 9.91. The molecule has 0 saturated carbocycles. The Bertz CT molecular complexity index is 2160. The summed E-state index contributed by atoms with van der Waals surface area (Å²) < 4.78 is 2.37. The van der Waals surface area contributed by atoms with Crippen molar-refractivity contribution in [3.63, 3.8) is 0 Å². The molecule has 1 heterocycles. The Kier molecular flexibility index (Phi) is 6.51. The molecule has 208 valence electrons. The molecular weight excluding hydrogens is 532 g/mol. The van der Waals surface area contributed by atoms with Gasteiger partial charge >= 0.3 is 0 Å². The summed E-state index contributed by atoms with van der Waals surface area (Å²) in [6, 6.07) is 65.1. The molecule has 1 aromatic heterocycles. The minimum absolute atomic E-state index is 1.12. The van der Waals surface area contributed by atoms with Gasteiger partial charge in [-0.15, -0.1) is 0 Å². The molecule has 0 amide bonds. The van der Waals surface area contributed by atoms with Crippen LogP contribution in [0.25, 0.3) is 49.7 Å². The smallest absolute Gasteiger partial charge is 0.0546 e. The molecule has 7 aromatic carbocycles. The predicted molar refractivity (Wildman–Crippen MR) is 186 cm³/mol. The van der Waals surface area contributed by atoms with E-state index in [9.17, 15) is 0 Å². The van der Waals surface area contributed by atoms with Crippen LogP contribution >= 0.6 is 0 Å². The molecule has 44 heavy (non-hydrogen) atoms. The van der Waals surface area contributed by atoms with Crippen LogP contribution in [-0.2, 0) is 0 Å². The molecule has 0 N–H and O–H groups in total. The minimum atomic E-state index is 1.12. The monoisotopic (exact) mass is 562 g/mol. The molecule has 0 radical (unpaired) electrons. The number of aromatic nitrogens is 1. The van der Waals surface area contributed by atoms with Crippen LogP contribution in [0.3, 0.4) is 0 Å². The predicted octanol–water partition coefficient (Wildman–Crippen LogP) is 11.6. The first-order valence-electron chi connectivity index (χ1n) is 15.0. The van der Waals surface area contributed by atoms with Gasteiger partial charge in [-0.3, -0.25) is 0 Å². The van der Waals surface area contributed by atoms with Gasteiger partial charge in [0, 0.05) is 33.4 Å². The van der Waals surface area contributed by atoms with E-state index in [1.165, 1.54) is 44.1 Å². The zero-order valence-corrected chi connectivity index (χ0v) is 24.2. The molecule has 0 bridgehead atoms. The summed E-state index contributed by atoms with van der Waals surface area (Å²) in [5.74, 6) is 0. The fourth-order valence-corrected chi connectivity index (χ4v) is 6.45. The van der Waals surface area contributed by atoms with Crippen molar-refractivity contribution in [2.75, 3.05) is 4.90 Å². The third kappa shape index (κ3) is 4.45. The highest BCUT2D eigenvalue weighted by atomic mass is 15.1. The maximum Gasteiger partial charge on any atom is 0.0546 e. The van der Waals surface area contributed by atoms with E-state index in [4.69, 9.17) is 0 Å². The van der Waals surface area contributed by atoms with Crippen LogP contribution in [0.1, 0.15) is 0 Å².